The van der Waals surface area contributed by atoms with Crippen molar-refractivity contribution in [1.82, 2.24) is 0 Å². The Bertz CT molecular complexity index is 142. The molecular formula is C10H22O2S4Si2. The monoisotopic (exact) mass is 358 g/mol. The third-order valence-corrected chi connectivity index (χ3v) is 10.4. The third kappa shape index (κ3) is 17.8. The second-order valence-electron chi connectivity index (χ2n) is 3.14. The lowest BCUT2D eigenvalue weighted by atomic mass is 10.6. The molecule has 2 nitrogen and oxygen atoms in total. The molecule has 0 saturated heterocycles. The van der Waals surface area contributed by atoms with Gasteiger partial charge in [0.1, 0.15) is 0 Å². The van der Waals surface area contributed by atoms with Gasteiger partial charge >= 0.3 is 0 Å². The average Bonchev–Trinajstić information content (AvgIpc) is 2.39. The van der Waals surface area contributed by atoms with Crippen molar-refractivity contribution < 1.29 is 8.85 Å². The Balaban J connectivity index is 2.86. The highest BCUT2D eigenvalue weighted by atomic mass is 33.7. The van der Waals surface area contributed by atoms with E-state index < -0.39 is 0 Å². The van der Waals surface area contributed by atoms with Gasteiger partial charge in [0, 0.05) is 24.7 Å². The van der Waals surface area contributed by atoms with E-state index in [1.165, 1.54) is 36.4 Å². The second-order valence-corrected chi connectivity index (χ2v) is 11.5. The first-order chi connectivity index (χ1) is 8.91. The Labute approximate surface area is 132 Å². The van der Waals surface area contributed by atoms with Gasteiger partial charge in [-0.25, -0.2) is 0 Å². The molecule has 0 spiro atoms. The van der Waals surface area contributed by atoms with Crippen LogP contribution in [0.25, 0.3) is 0 Å². The molecule has 18 heavy (non-hydrogen) atoms. The van der Waals surface area contributed by atoms with Crippen LogP contribution in [0.15, 0.2) is 0 Å². The van der Waals surface area contributed by atoms with E-state index in [4.69, 9.17) is 8.85 Å². The minimum Gasteiger partial charge on any atom is -0.418 e. The molecule has 0 aliphatic carbocycles. The molecule has 0 amide bonds. The van der Waals surface area contributed by atoms with Gasteiger partial charge in [0.2, 0.25) is 19.5 Å². The van der Waals surface area contributed by atoms with Crippen molar-refractivity contribution >= 4 is 60.8 Å². The predicted octanol–water partition coefficient (Wildman–Crippen LogP) is 4.59. The molecule has 106 valence electrons. The van der Waals surface area contributed by atoms with E-state index in [1.54, 1.807) is 0 Å². The van der Waals surface area contributed by atoms with Crippen LogP contribution in [-0.4, -0.2) is 44.2 Å². The van der Waals surface area contributed by atoms with Gasteiger partial charge < -0.3 is 8.85 Å². The van der Waals surface area contributed by atoms with Crippen molar-refractivity contribution in [1.29, 1.82) is 0 Å². The SMILES string of the molecule is CCO[Si]CCCSSSSCCC[Si]OCC. The molecule has 0 rings (SSSR count). The quantitative estimate of drug-likeness (QED) is 0.240. The molecule has 0 aromatic carbocycles. The first kappa shape index (κ1) is 19.8. The maximum absolute atomic E-state index is 5.33. The standard InChI is InChI=1S/C10H22O2S4Si2/c1-3-11-17-9-5-7-13-15-16-14-8-6-10-18-12-4-2/h3-10H2,1-2H3. The van der Waals surface area contributed by atoms with Gasteiger partial charge in [-0.1, -0.05) is 21.6 Å². The summed E-state index contributed by atoms with van der Waals surface area (Å²) in [5.74, 6) is 2.48. The van der Waals surface area contributed by atoms with Crippen LogP contribution >= 0.6 is 41.2 Å². The summed E-state index contributed by atoms with van der Waals surface area (Å²) in [7, 11) is 9.16. The van der Waals surface area contributed by atoms with Crippen LogP contribution < -0.4 is 0 Å². The smallest absolute Gasteiger partial charge is 0.229 e. The topological polar surface area (TPSA) is 18.5 Å². The Morgan fingerprint density at radius 3 is 1.61 bits per heavy atom. The van der Waals surface area contributed by atoms with Crippen molar-refractivity contribution in [2.75, 3.05) is 24.7 Å². The minimum atomic E-state index is 0.698. The molecule has 0 aliphatic heterocycles. The highest BCUT2D eigenvalue weighted by molar-refractivity contribution is 9.26. The largest absolute Gasteiger partial charge is 0.418 e. The Kier molecular flexibility index (Phi) is 20.6. The van der Waals surface area contributed by atoms with E-state index in [9.17, 15) is 0 Å². The summed E-state index contributed by atoms with van der Waals surface area (Å²) < 4.78 is 10.7. The molecule has 0 aromatic heterocycles. The van der Waals surface area contributed by atoms with Crippen molar-refractivity contribution in [3.63, 3.8) is 0 Å². The Hall–Kier alpha value is 1.75. The summed E-state index contributed by atoms with van der Waals surface area (Å²) in [4.78, 5) is 0. The summed E-state index contributed by atoms with van der Waals surface area (Å²) in [5, 5.41) is 0. The fourth-order valence-corrected chi connectivity index (χ4v) is 8.86. The molecule has 0 aromatic rings. The van der Waals surface area contributed by atoms with E-state index in [-0.39, 0.29) is 0 Å². The molecule has 4 radical (unpaired) electrons. The van der Waals surface area contributed by atoms with Crippen LogP contribution in [0.4, 0.5) is 0 Å². The van der Waals surface area contributed by atoms with Gasteiger partial charge in [0.15, 0.2) is 0 Å². The zero-order chi connectivity index (χ0) is 13.3. The molecule has 0 N–H and O–H groups in total. The lowest BCUT2D eigenvalue weighted by Crippen LogP contribution is -1.97. The van der Waals surface area contributed by atoms with Crippen molar-refractivity contribution in [3.8, 4) is 0 Å². The summed E-state index contributed by atoms with van der Waals surface area (Å²) in [6, 6.07) is 2.44. The molecule has 0 saturated carbocycles. The molecule has 0 fully saturated rings. The van der Waals surface area contributed by atoms with Crippen LogP contribution in [0, 0.1) is 0 Å². The van der Waals surface area contributed by atoms with E-state index in [2.05, 4.69) is 13.8 Å². The zero-order valence-electron chi connectivity index (χ0n) is 11.1. The van der Waals surface area contributed by atoms with E-state index in [0.717, 1.165) is 13.2 Å². The number of rotatable bonds is 15. The summed E-state index contributed by atoms with van der Waals surface area (Å²) >= 11 is 0. The van der Waals surface area contributed by atoms with E-state index in [1.807, 2.05) is 41.2 Å². The van der Waals surface area contributed by atoms with Crippen molar-refractivity contribution in [3.05, 3.63) is 0 Å². The van der Waals surface area contributed by atoms with Gasteiger partial charge in [0.05, 0.1) is 0 Å². The van der Waals surface area contributed by atoms with Crippen LogP contribution in [-0.2, 0) is 8.85 Å². The lowest BCUT2D eigenvalue weighted by molar-refractivity contribution is 0.359. The van der Waals surface area contributed by atoms with Crippen LogP contribution in [0.1, 0.15) is 26.7 Å². The fourth-order valence-electron chi connectivity index (χ4n) is 0.862. The van der Waals surface area contributed by atoms with Gasteiger partial charge in [-0.15, -0.1) is 0 Å². The molecule has 8 heteroatoms. The van der Waals surface area contributed by atoms with E-state index >= 15 is 0 Å². The number of hydrogen-bond donors (Lipinski definition) is 0. The second kappa shape index (κ2) is 18.8. The number of hydrogen-bond acceptors (Lipinski definition) is 6. The van der Waals surface area contributed by atoms with Gasteiger partial charge in [0.25, 0.3) is 0 Å². The Morgan fingerprint density at radius 2 is 1.22 bits per heavy atom. The highest BCUT2D eigenvalue weighted by Crippen LogP contribution is 2.43. The lowest BCUT2D eigenvalue weighted by Gasteiger charge is -2.01. The zero-order valence-corrected chi connectivity index (χ0v) is 16.4. The highest BCUT2D eigenvalue weighted by Gasteiger charge is 1.96. The van der Waals surface area contributed by atoms with Gasteiger partial charge in [-0.2, -0.15) is 0 Å². The first-order valence-corrected chi connectivity index (χ1v) is 13.6. The summed E-state index contributed by atoms with van der Waals surface area (Å²) in [6.45, 7) is 5.83. The maximum Gasteiger partial charge on any atom is 0.229 e. The molecule has 0 atom stereocenters. The van der Waals surface area contributed by atoms with Crippen molar-refractivity contribution in [2.45, 2.75) is 38.8 Å². The van der Waals surface area contributed by atoms with Crippen LogP contribution in [0.2, 0.25) is 12.1 Å². The first-order valence-electron chi connectivity index (χ1n) is 6.18. The molecule has 0 unspecified atom stereocenters. The Morgan fingerprint density at radius 1 is 0.778 bits per heavy atom. The maximum atomic E-state index is 5.33. The van der Waals surface area contributed by atoms with Crippen LogP contribution in [0.3, 0.4) is 0 Å². The molecule has 0 heterocycles. The molecule has 0 aliphatic rings. The normalized spacial score (nSPS) is 11.0. The van der Waals surface area contributed by atoms with E-state index in [0.29, 0.717) is 19.5 Å². The van der Waals surface area contributed by atoms with Crippen LogP contribution in [0.5, 0.6) is 0 Å². The van der Waals surface area contributed by atoms with Gasteiger partial charge in [-0.3, -0.25) is 0 Å². The average molecular weight is 359 g/mol. The minimum absolute atomic E-state index is 0.698. The molecular weight excluding hydrogens is 337 g/mol. The summed E-state index contributed by atoms with van der Waals surface area (Å²) in [6.07, 6.45) is 2.55. The van der Waals surface area contributed by atoms with Crippen molar-refractivity contribution in [2.24, 2.45) is 0 Å². The molecule has 0 bridgehead atoms. The third-order valence-electron chi connectivity index (χ3n) is 1.63. The summed E-state index contributed by atoms with van der Waals surface area (Å²) in [5.41, 5.74) is 0. The van der Waals surface area contributed by atoms with Gasteiger partial charge in [-0.05, 0) is 58.4 Å². The fraction of sp³-hybridized carbons (Fsp3) is 1.00. The predicted molar refractivity (Wildman–Crippen MR) is 93.7 cm³/mol.